The van der Waals surface area contributed by atoms with Crippen LogP contribution in [0.2, 0.25) is 0 Å². The number of tetrazole rings is 1. The number of benzene rings is 1. The molecule has 3 rings (SSSR count). The van der Waals surface area contributed by atoms with Crippen molar-refractivity contribution in [2.24, 2.45) is 0 Å². The van der Waals surface area contributed by atoms with Gasteiger partial charge in [0.1, 0.15) is 0 Å². The minimum atomic E-state index is -0.286. The van der Waals surface area contributed by atoms with Gasteiger partial charge in [-0.05, 0) is 55.7 Å². The van der Waals surface area contributed by atoms with E-state index in [0.717, 1.165) is 24.1 Å². The Bertz CT molecular complexity index is 863. The first-order valence-corrected chi connectivity index (χ1v) is 10.7. The zero-order chi connectivity index (χ0) is 20.8. The number of nitrogens with one attached hydrogen (secondary N) is 1. The first kappa shape index (κ1) is 21.1. The lowest BCUT2D eigenvalue weighted by Crippen LogP contribution is -2.47. The highest BCUT2D eigenvalue weighted by molar-refractivity contribution is 7.99. The molecular weight excluding hydrogens is 392 g/mol. The van der Waals surface area contributed by atoms with E-state index in [9.17, 15) is 9.59 Å². The Morgan fingerprint density at radius 1 is 1.28 bits per heavy atom. The molecule has 10 heteroatoms. The van der Waals surface area contributed by atoms with Crippen LogP contribution in [0.15, 0.2) is 23.4 Å². The van der Waals surface area contributed by atoms with E-state index in [1.807, 2.05) is 26.0 Å². The van der Waals surface area contributed by atoms with Crippen LogP contribution < -0.4 is 5.32 Å². The number of aryl methyl sites for hydroxylation is 2. The van der Waals surface area contributed by atoms with E-state index >= 15 is 0 Å². The summed E-state index contributed by atoms with van der Waals surface area (Å²) < 4.78 is 6.67. The number of carbonyl (C=O) groups excluding carboxylic acids is 2. The van der Waals surface area contributed by atoms with Crippen LogP contribution in [0.4, 0.5) is 4.79 Å². The van der Waals surface area contributed by atoms with Gasteiger partial charge in [0.2, 0.25) is 11.1 Å². The molecule has 1 fully saturated rings. The maximum atomic E-state index is 12.4. The summed E-state index contributed by atoms with van der Waals surface area (Å²) >= 11 is 1.30. The van der Waals surface area contributed by atoms with Gasteiger partial charge in [-0.15, -0.1) is 5.10 Å². The molecule has 1 aromatic heterocycles. The third-order valence-corrected chi connectivity index (χ3v) is 5.66. The van der Waals surface area contributed by atoms with Crippen LogP contribution >= 0.6 is 11.8 Å². The van der Waals surface area contributed by atoms with Crippen molar-refractivity contribution >= 4 is 23.8 Å². The van der Waals surface area contributed by atoms with Crippen molar-refractivity contribution in [3.05, 3.63) is 29.3 Å². The van der Waals surface area contributed by atoms with Crippen molar-refractivity contribution < 1.29 is 14.3 Å². The fourth-order valence-electron chi connectivity index (χ4n) is 3.28. The van der Waals surface area contributed by atoms with Crippen molar-refractivity contribution in [1.82, 2.24) is 30.4 Å². The fraction of sp³-hybridized carbons (Fsp3) is 0.526. The van der Waals surface area contributed by atoms with E-state index in [1.54, 1.807) is 16.5 Å². The van der Waals surface area contributed by atoms with Crippen molar-refractivity contribution in [1.29, 1.82) is 0 Å². The number of carbonyl (C=O) groups is 2. The molecule has 9 nitrogen and oxygen atoms in total. The number of rotatable bonds is 6. The van der Waals surface area contributed by atoms with Crippen molar-refractivity contribution in [3.63, 3.8) is 0 Å². The van der Waals surface area contributed by atoms with Crippen molar-refractivity contribution in [3.8, 4) is 5.69 Å². The molecule has 1 aromatic carbocycles. The van der Waals surface area contributed by atoms with Crippen molar-refractivity contribution in [2.75, 3.05) is 25.4 Å². The Labute approximate surface area is 174 Å². The summed E-state index contributed by atoms with van der Waals surface area (Å²) in [5.41, 5.74) is 3.13. The van der Waals surface area contributed by atoms with E-state index in [2.05, 4.69) is 26.9 Å². The number of nitrogens with zero attached hydrogens (tertiary/aromatic N) is 5. The standard InChI is InChI=1S/C19H26N6O3S/c1-4-28-19(27)24-9-7-15(8-10-24)20-17(26)12-29-18-21-22-23-25(18)16-6-5-13(2)11-14(16)3/h5-6,11,15H,4,7-10,12H2,1-3H3,(H,20,26). The SMILES string of the molecule is CCOC(=O)N1CCC(NC(=O)CSc2nnnn2-c2ccc(C)cc2C)CC1. The van der Waals surface area contributed by atoms with Crippen LogP contribution in [0.25, 0.3) is 5.69 Å². The second-order valence-electron chi connectivity index (χ2n) is 6.98. The Kier molecular flexibility index (Phi) is 7.08. The number of aromatic nitrogens is 4. The average Bonchev–Trinajstić information content (AvgIpc) is 3.15. The quantitative estimate of drug-likeness (QED) is 0.717. The first-order valence-electron chi connectivity index (χ1n) is 9.67. The summed E-state index contributed by atoms with van der Waals surface area (Å²) in [6.45, 7) is 7.37. The van der Waals surface area contributed by atoms with Gasteiger partial charge in [-0.1, -0.05) is 29.5 Å². The zero-order valence-corrected chi connectivity index (χ0v) is 17.7. The highest BCUT2D eigenvalue weighted by Crippen LogP contribution is 2.21. The maximum Gasteiger partial charge on any atom is 0.409 e. The number of hydrogen-bond donors (Lipinski definition) is 1. The Morgan fingerprint density at radius 2 is 2.03 bits per heavy atom. The van der Waals surface area contributed by atoms with Gasteiger partial charge in [-0.2, -0.15) is 4.68 Å². The topological polar surface area (TPSA) is 102 Å². The van der Waals surface area contributed by atoms with Gasteiger partial charge in [-0.25, -0.2) is 4.79 Å². The van der Waals surface area contributed by atoms with Gasteiger partial charge in [-0.3, -0.25) is 4.79 Å². The number of amides is 2. The van der Waals surface area contributed by atoms with Crippen LogP contribution in [0.1, 0.15) is 30.9 Å². The molecule has 0 bridgehead atoms. The van der Waals surface area contributed by atoms with Gasteiger partial charge in [0.15, 0.2) is 0 Å². The lowest BCUT2D eigenvalue weighted by Gasteiger charge is -2.31. The summed E-state index contributed by atoms with van der Waals surface area (Å²) in [6.07, 6.45) is 1.15. The molecular formula is C19H26N6O3S. The molecule has 2 amide bonds. The van der Waals surface area contributed by atoms with Crippen LogP contribution in [0, 0.1) is 13.8 Å². The monoisotopic (exact) mass is 418 g/mol. The number of piperidine rings is 1. The van der Waals surface area contributed by atoms with Crippen LogP contribution in [-0.2, 0) is 9.53 Å². The average molecular weight is 419 g/mol. The summed E-state index contributed by atoms with van der Waals surface area (Å²) in [5, 5.41) is 15.5. The van der Waals surface area contributed by atoms with E-state index in [-0.39, 0.29) is 23.8 Å². The molecule has 1 saturated heterocycles. The molecule has 1 aliphatic heterocycles. The molecule has 0 unspecified atom stereocenters. The third-order valence-electron chi connectivity index (χ3n) is 4.74. The third kappa shape index (κ3) is 5.47. The summed E-state index contributed by atoms with van der Waals surface area (Å²) in [7, 11) is 0. The van der Waals surface area contributed by atoms with Crippen LogP contribution in [-0.4, -0.2) is 68.6 Å². The second-order valence-corrected chi connectivity index (χ2v) is 7.92. The zero-order valence-electron chi connectivity index (χ0n) is 16.9. The van der Waals surface area contributed by atoms with Gasteiger partial charge >= 0.3 is 6.09 Å². The molecule has 2 heterocycles. The van der Waals surface area contributed by atoms with Gasteiger partial charge in [0.25, 0.3) is 0 Å². The molecule has 0 spiro atoms. The normalized spacial score (nSPS) is 14.7. The smallest absolute Gasteiger partial charge is 0.409 e. The number of likely N-dealkylation sites (tertiary alicyclic amines) is 1. The molecule has 0 saturated carbocycles. The van der Waals surface area contributed by atoms with E-state index in [0.29, 0.717) is 24.9 Å². The largest absolute Gasteiger partial charge is 0.450 e. The number of ether oxygens (including phenoxy) is 1. The molecule has 1 aliphatic rings. The summed E-state index contributed by atoms with van der Waals surface area (Å²) in [5.74, 6) is 0.156. The summed E-state index contributed by atoms with van der Waals surface area (Å²) in [6, 6.07) is 6.11. The Morgan fingerprint density at radius 3 is 2.72 bits per heavy atom. The van der Waals surface area contributed by atoms with E-state index in [1.165, 1.54) is 17.3 Å². The highest BCUT2D eigenvalue weighted by Gasteiger charge is 2.24. The molecule has 29 heavy (non-hydrogen) atoms. The lowest BCUT2D eigenvalue weighted by molar-refractivity contribution is -0.119. The molecule has 0 atom stereocenters. The van der Waals surface area contributed by atoms with Gasteiger partial charge in [0.05, 0.1) is 18.0 Å². The van der Waals surface area contributed by atoms with Crippen LogP contribution in [0.5, 0.6) is 0 Å². The fourth-order valence-corrected chi connectivity index (χ4v) is 3.98. The van der Waals surface area contributed by atoms with Crippen molar-refractivity contribution in [2.45, 2.75) is 44.8 Å². The van der Waals surface area contributed by atoms with Gasteiger partial charge < -0.3 is 15.0 Å². The predicted molar refractivity (Wildman–Crippen MR) is 109 cm³/mol. The molecule has 0 radical (unpaired) electrons. The molecule has 2 aromatic rings. The van der Waals surface area contributed by atoms with E-state index in [4.69, 9.17) is 4.74 Å². The number of hydrogen-bond acceptors (Lipinski definition) is 7. The Hall–Kier alpha value is -2.62. The minimum Gasteiger partial charge on any atom is -0.450 e. The van der Waals surface area contributed by atoms with Crippen LogP contribution in [0.3, 0.4) is 0 Å². The molecule has 156 valence electrons. The molecule has 0 aliphatic carbocycles. The lowest BCUT2D eigenvalue weighted by atomic mass is 10.1. The second kappa shape index (κ2) is 9.73. The van der Waals surface area contributed by atoms with E-state index < -0.39 is 0 Å². The van der Waals surface area contributed by atoms with Gasteiger partial charge in [0, 0.05) is 19.1 Å². The molecule has 1 N–H and O–H groups in total. The Balaban J connectivity index is 1.50. The summed E-state index contributed by atoms with van der Waals surface area (Å²) in [4.78, 5) is 25.8. The number of thioether (sulfide) groups is 1. The minimum absolute atomic E-state index is 0.0594. The first-order chi connectivity index (χ1) is 14.0. The predicted octanol–water partition coefficient (Wildman–Crippen LogP) is 2.11. The maximum absolute atomic E-state index is 12.4. The highest BCUT2D eigenvalue weighted by atomic mass is 32.2.